The molecule has 2 atom stereocenters. The van der Waals surface area contributed by atoms with E-state index in [0.717, 1.165) is 11.8 Å². The van der Waals surface area contributed by atoms with Crippen LogP contribution in [-0.2, 0) is 9.53 Å². The minimum atomic E-state index is -0.575. The maximum absolute atomic E-state index is 12.2. The lowest BCUT2D eigenvalue weighted by Gasteiger charge is -2.33. The summed E-state index contributed by atoms with van der Waals surface area (Å²) in [5.41, 5.74) is 0.281. The minimum absolute atomic E-state index is 0.195. The van der Waals surface area contributed by atoms with E-state index in [0.29, 0.717) is 10.0 Å². The van der Waals surface area contributed by atoms with Crippen LogP contribution in [0.5, 0.6) is 0 Å². The molecule has 128 valence electrons. The summed E-state index contributed by atoms with van der Waals surface area (Å²) >= 11 is 12.0. The second-order valence-corrected chi connectivity index (χ2v) is 7.33. The topological polar surface area (TPSA) is 46.6 Å². The van der Waals surface area contributed by atoms with Crippen molar-refractivity contribution in [1.82, 2.24) is 4.90 Å². The Kier molecular flexibility index (Phi) is 6.90. The van der Waals surface area contributed by atoms with Crippen LogP contribution in [0.4, 0.5) is 4.79 Å². The standard InChI is InChI=1S/C17H23Cl2NO3/c1-11(20(5)16(22)23-17(2,3)4)13(8-9-21)12-6-7-14(18)15(19)10-12/h6-7,9-11,13H,8H2,1-5H3/t11?,13-/m1/s1. The smallest absolute Gasteiger partial charge is 0.410 e. The molecule has 0 spiro atoms. The number of hydrogen-bond acceptors (Lipinski definition) is 3. The van der Waals surface area contributed by atoms with Crippen molar-refractivity contribution in [2.75, 3.05) is 7.05 Å². The monoisotopic (exact) mass is 359 g/mol. The molecule has 0 radical (unpaired) electrons. The number of carbonyl (C=O) groups is 2. The van der Waals surface area contributed by atoms with Gasteiger partial charge in [-0.1, -0.05) is 29.3 Å². The molecular weight excluding hydrogens is 337 g/mol. The van der Waals surface area contributed by atoms with Crippen molar-refractivity contribution in [2.24, 2.45) is 0 Å². The number of ether oxygens (including phenoxy) is 1. The van der Waals surface area contributed by atoms with Crippen LogP contribution in [0.1, 0.15) is 45.6 Å². The van der Waals surface area contributed by atoms with Gasteiger partial charge in [0.05, 0.1) is 10.0 Å². The normalized spacial score (nSPS) is 14.0. The van der Waals surface area contributed by atoms with Crippen molar-refractivity contribution in [3.8, 4) is 0 Å². The summed E-state index contributed by atoms with van der Waals surface area (Å²) in [4.78, 5) is 24.8. The SMILES string of the molecule is CC([C@@H](CC=O)c1ccc(Cl)c(Cl)c1)N(C)C(=O)OC(C)(C)C. The fourth-order valence-corrected chi connectivity index (χ4v) is 2.53. The van der Waals surface area contributed by atoms with E-state index in [2.05, 4.69) is 0 Å². The zero-order valence-corrected chi connectivity index (χ0v) is 15.6. The quantitative estimate of drug-likeness (QED) is 0.700. The third-order valence-corrected chi connectivity index (χ3v) is 4.34. The van der Waals surface area contributed by atoms with Crippen molar-refractivity contribution >= 4 is 35.6 Å². The summed E-state index contributed by atoms with van der Waals surface area (Å²) in [5.74, 6) is -0.195. The zero-order valence-electron chi connectivity index (χ0n) is 14.1. The molecule has 1 rings (SSSR count). The molecule has 0 saturated heterocycles. The Bertz CT molecular complexity index is 569. The van der Waals surface area contributed by atoms with E-state index in [1.54, 1.807) is 19.2 Å². The average molecular weight is 360 g/mol. The molecule has 1 aromatic carbocycles. The van der Waals surface area contributed by atoms with Gasteiger partial charge in [0.2, 0.25) is 0 Å². The molecule has 1 unspecified atom stereocenters. The third-order valence-electron chi connectivity index (χ3n) is 3.60. The molecule has 1 amide bonds. The second kappa shape index (κ2) is 8.02. The fraction of sp³-hybridized carbons (Fsp3) is 0.529. The summed E-state index contributed by atoms with van der Waals surface area (Å²) in [6.45, 7) is 7.31. The summed E-state index contributed by atoms with van der Waals surface area (Å²) < 4.78 is 5.38. The van der Waals surface area contributed by atoms with Crippen molar-refractivity contribution in [3.63, 3.8) is 0 Å². The molecule has 0 N–H and O–H groups in total. The maximum Gasteiger partial charge on any atom is 0.410 e. The van der Waals surface area contributed by atoms with Crippen molar-refractivity contribution in [3.05, 3.63) is 33.8 Å². The molecule has 23 heavy (non-hydrogen) atoms. The number of aldehydes is 1. The van der Waals surface area contributed by atoms with Gasteiger partial charge in [-0.15, -0.1) is 0 Å². The molecule has 0 heterocycles. The van der Waals surface area contributed by atoms with Gasteiger partial charge in [-0.25, -0.2) is 4.79 Å². The number of rotatable bonds is 5. The highest BCUT2D eigenvalue weighted by Gasteiger charge is 2.29. The van der Waals surface area contributed by atoms with Crippen molar-refractivity contribution < 1.29 is 14.3 Å². The Morgan fingerprint density at radius 2 is 1.91 bits per heavy atom. The summed E-state index contributed by atoms with van der Waals surface area (Å²) in [5, 5.41) is 0.876. The van der Waals surface area contributed by atoms with Crippen LogP contribution in [0.15, 0.2) is 18.2 Å². The Morgan fingerprint density at radius 3 is 2.39 bits per heavy atom. The Hall–Kier alpha value is -1.26. The molecule has 1 aromatic rings. The number of nitrogens with zero attached hydrogens (tertiary/aromatic N) is 1. The maximum atomic E-state index is 12.2. The van der Waals surface area contributed by atoms with E-state index in [-0.39, 0.29) is 18.4 Å². The van der Waals surface area contributed by atoms with Gasteiger partial charge in [0.25, 0.3) is 0 Å². The van der Waals surface area contributed by atoms with Gasteiger partial charge >= 0.3 is 6.09 Å². The summed E-state index contributed by atoms with van der Waals surface area (Å²) in [7, 11) is 1.66. The van der Waals surface area contributed by atoms with Gasteiger partial charge in [-0.3, -0.25) is 0 Å². The van der Waals surface area contributed by atoms with Crippen LogP contribution in [0.3, 0.4) is 0 Å². The van der Waals surface area contributed by atoms with E-state index in [4.69, 9.17) is 27.9 Å². The first kappa shape index (κ1) is 19.8. The van der Waals surface area contributed by atoms with Crippen LogP contribution in [0, 0.1) is 0 Å². The van der Waals surface area contributed by atoms with Crippen LogP contribution in [0.25, 0.3) is 0 Å². The van der Waals surface area contributed by atoms with E-state index in [1.165, 1.54) is 4.90 Å². The molecule has 0 aliphatic rings. The number of hydrogen-bond donors (Lipinski definition) is 0. The largest absolute Gasteiger partial charge is 0.444 e. The van der Waals surface area contributed by atoms with E-state index >= 15 is 0 Å². The summed E-state index contributed by atoms with van der Waals surface area (Å²) in [6, 6.07) is 5.00. The highest BCUT2D eigenvalue weighted by Crippen LogP contribution is 2.31. The average Bonchev–Trinajstić information content (AvgIpc) is 2.44. The predicted molar refractivity (Wildman–Crippen MR) is 93.3 cm³/mol. The molecule has 0 fully saturated rings. The first-order valence-electron chi connectivity index (χ1n) is 7.41. The van der Waals surface area contributed by atoms with E-state index < -0.39 is 11.7 Å². The number of halogens is 2. The van der Waals surface area contributed by atoms with Gasteiger partial charge in [0, 0.05) is 25.4 Å². The number of amides is 1. The van der Waals surface area contributed by atoms with E-state index in [1.807, 2.05) is 33.8 Å². The lowest BCUT2D eigenvalue weighted by atomic mass is 9.89. The van der Waals surface area contributed by atoms with Crippen LogP contribution >= 0.6 is 23.2 Å². The first-order valence-corrected chi connectivity index (χ1v) is 8.16. The first-order chi connectivity index (χ1) is 10.6. The fourth-order valence-electron chi connectivity index (χ4n) is 2.23. The van der Waals surface area contributed by atoms with Crippen LogP contribution in [0.2, 0.25) is 10.0 Å². The van der Waals surface area contributed by atoms with Gasteiger partial charge < -0.3 is 14.4 Å². The molecule has 4 nitrogen and oxygen atoms in total. The number of carbonyl (C=O) groups excluding carboxylic acids is 2. The molecule has 0 aromatic heterocycles. The Labute approximate surface area is 147 Å². The van der Waals surface area contributed by atoms with Crippen LogP contribution < -0.4 is 0 Å². The van der Waals surface area contributed by atoms with Gasteiger partial charge in [-0.05, 0) is 45.4 Å². The summed E-state index contributed by atoms with van der Waals surface area (Å²) in [6.07, 6.45) is 0.680. The molecule has 0 aliphatic carbocycles. The zero-order chi connectivity index (χ0) is 17.8. The van der Waals surface area contributed by atoms with E-state index in [9.17, 15) is 9.59 Å². The van der Waals surface area contributed by atoms with Crippen molar-refractivity contribution in [2.45, 2.75) is 51.7 Å². The Morgan fingerprint density at radius 1 is 1.30 bits per heavy atom. The highest BCUT2D eigenvalue weighted by molar-refractivity contribution is 6.42. The molecular formula is C17H23Cl2NO3. The Balaban J connectivity index is 3.01. The number of benzene rings is 1. The van der Waals surface area contributed by atoms with Gasteiger partial charge in [0.15, 0.2) is 0 Å². The highest BCUT2D eigenvalue weighted by atomic mass is 35.5. The van der Waals surface area contributed by atoms with Gasteiger partial charge in [-0.2, -0.15) is 0 Å². The number of likely N-dealkylation sites (N-methyl/N-ethyl adjacent to an activating group) is 1. The minimum Gasteiger partial charge on any atom is -0.444 e. The lowest BCUT2D eigenvalue weighted by molar-refractivity contribution is -0.108. The van der Waals surface area contributed by atoms with Gasteiger partial charge in [0.1, 0.15) is 11.9 Å². The van der Waals surface area contributed by atoms with Crippen molar-refractivity contribution in [1.29, 1.82) is 0 Å². The second-order valence-electron chi connectivity index (χ2n) is 6.51. The predicted octanol–water partition coefficient (Wildman–Crippen LogP) is 4.92. The molecule has 0 saturated carbocycles. The molecule has 6 heteroatoms. The molecule has 0 bridgehead atoms. The third kappa shape index (κ3) is 5.70. The lowest BCUT2D eigenvalue weighted by Crippen LogP contribution is -2.42. The molecule has 0 aliphatic heterocycles. The van der Waals surface area contributed by atoms with Crippen LogP contribution in [-0.4, -0.2) is 36.0 Å².